The van der Waals surface area contributed by atoms with Crippen LogP contribution in [0.25, 0.3) is 11.1 Å². The Morgan fingerprint density at radius 1 is 0.941 bits per heavy atom. The van der Waals surface area contributed by atoms with E-state index in [0.717, 1.165) is 12.2 Å². The number of benzene rings is 1. The molecule has 1 heteroatoms. The van der Waals surface area contributed by atoms with Crippen molar-refractivity contribution in [1.82, 2.24) is 0 Å². The van der Waals surface area contributed by atoms with Crippen LogP contribution in [-0.2, 0) is 6.42 Å². The van der Waals surface area contributed by atoms with Gasteiger partial charge in [0.25, 0.3) is 0 Å². The van der Waals surface area contributed by atoms with Gasteiger partial charge in [-0.15, -0.1) is 0 Å². The monoisotopic (exact) mass is 228 g/mol. The topological polar surface area (TPSA) is 13.1 Å². The summed E-state index contributed by atoms with van der Waals surface area (Å²) in [5.74, 6) is 1.11. The van der Waals surface area contributed by atoms with Gasteiger partial charge in [-0.3, -0.25) is 0 Å². The molecular formula is C16H20O. The summed E-state index contributed by atoms with van der Waals surface area (Å²) in [4.78, 5) is 0. The maximum absolute atomic E-state index is 5.60. The zero-order valence-corrected chi connectivity index (χ0v) is 10.5. The molecule has 0 aliphatic rings. The lowest BCUT2D eigenvalue weighted by Gasteiger charge is -1.96. The number of rotatable bonds is 6. The molecular weight excluding hydrogens is 208 g/mol. The smallest absolute Gasteiger partial charge is 0.104 e. The molecule has 0 amide bonds. The van der Waals surface area contributed by atoms with Crippen molar-refractivity contribution in [2.75, 3.05) is 0 Å². The summed E-state index contributed by atoms with van der Waals surface area (Å²) in [5, 5.41) is 0. The van der Waals surface area contributed by atoms with Gasteiger partial charge in [-0.1, -0.05) is 56.5 Å². The van der Waals surface area contributed by atoms with E-state index in [9.17, 15) is 0 Å². The van der Waals surface area contributed by atoms with E-state index in [0.29, 0.717) is 0 Å². The first kappa shape index (κ1) is 12.0. The van der Waals surface area contributed by atoms with Crippen LogP contribution in [0.3, 0.4) is 0 Å². The van der Waals surface area contributed by atoms with Gasteiger partial charge in [0.1, 0.15) is 5.76 Å². The van der Waals surface area contributed by atoms with Crippen molar-refractivity contribution in [1.29, 1.82) is 0 Å². The van der Waals surface area contributed by atoms with Gasteiger partial charge in [0, 0.05) is 12.0 Å². The molecule has 0 unspecified atom stereocenters. The second-order valence-corrected chi connectivity index (χ2v) is 4.48. The molecule has 1 aromatic carbocycles. The highest BCUT2D eigenvalue weighted by molar-refractivity contribution is 5.62. The van der Waals surface area contributed by atoms with E-state index in [-0.39, 0.29) is 0 Å². The van der Waals surface area contributed by atoms with Gasteiger partial charge in [-0.2, -0.15) is 0 Å². The quantitative estimate of drug-likeness (QED) is 0.629. The van der Waals surface area contributed by atoms with Crippen LogP contribution in [0.4, 0.5) is 0 Å². The molecule has 0 bridgehead atoms. The number of furan rings is 1. The molecule has 0 saturated carbocycles. The maximum atomic E-state index is 5.60. The molecule has 0 N–H and O–H groups in total. The highest BCUT2D eigenvalue weighted by Gasteiger charge is 2.03. The van der Waals surface area contributed by atoms with Gasteiger partial charge in [0.05, 0.1) is 6.26 Å². The molecule has 1 heterocycles. The molecule has 17 heavy (non-hydrogen) atoms. The normalized spacial score (nSPS) is 10.6. The van der Waals surface area contributed by atoms with Crippen LogP contribution in [0.1, 0.15) is 38.4 Å². The zero-order valence-electron chi connectivity index (χ0n) is 10.5. The first-order chi connectivity index (χ1) is 8.40. The minimum atomic E-state index is 1.06. The van der Waals surface area contributed by atoms with Crippen LogP contribution in [-0.4, -0.2) is 0 Å². The van der Waals surface area contributed by atoms with Crippen molar-refractivity contribution in [3.63, 3.8) is 0 Å². The van der Waals surface area contributed by atoms with Crippen molar-refractivity contribution < 1.29 is 4.42 Å². The summed E-state index contributed by atoms with van der Waals surface area (Å²) in [5.41, 5.74) is 2.42. The Balaban J connectivity index is 1.92. The lowest BCUT2D eigenvalue weighted by molar-refractivity contribution is 0.495. The second kappa shape index (κ2) is 6.29. The largest absolute Gasteiger partial charge is 0.469 e. The molecule has 0 spiro atoms. The highest BCUT2D eigenvalue weighted by atomic mass is 16.3. The zero-order chi connectivity index (χ0) is 11.9. The summed E-state index contributed by atoms with van der Waals surface area (Å²) in [6, 6.07) is 12.6. The third-order valence-corrected chi connectivity index (χ3v) is 3.04. The summed E-state index contributed by atoms with van der Waals surface area (Å²) in [6.07, 6.45) is 8.07. The van der Waals surface area contributed by atoms with Gasteiger partial charge in [-0.05, 0) is 18.1 Å². The lowest BCUT2D eigenvalue weighted by Crippen LogP contribution is -1.82. The van der Waals surface area contributed by atoms with E-state index < -0.39 is 0 Å². The first-order valence-corrected chi connectivity index (χ1v) is 6.53. The van der Waals surface area contributed by atoms with Crippen molar-refractivity contribution in [3.8, 4) is 11.1 Å². The number of aryl methyl sites for hydroxylation is 1. The Morgan fingerprint density at radius 3 is 2.53 bits per heavy atom. The average molecular weight is 228 g/mol. The van der Waals surface area contributed by atoms with Gasteiger partial charge < -0.3 is 4.42 Å². The van der Waals surface area contributed by atoms with Gasteiger partial charge in [0.15, 0.2) is 0 Å². The van der Waals surface area contributed by atoms with Crippen molar-refractivity contribution in [3.05, 3.63) is 48.4 Å². The predicted molar refractivity (Wildman–Crippen MR) is 72.0 cm³/mol. The number of hydrogen-bond donors (Lipinski definition) is 0. The fourth-order valence-electron chi connectivity index (χ4n) is 2.02. The fourth-order valence-corrected chi connectivity index (χ4v) is 2.02. The van der Waals surface area contributed by atoms with E-state index in [4.69, 9.17) is 4.42 Å². The maximum Gasteiger partial charge on any atom is 0.104 e. The summed E-state index contributed by atoms with van der Waals surface area (Å²) < 4.78 is 5.60. The van der Waals surface area contributed by atoms with Crippen molar-refractivity contribution >= 4 is 0 Å². The Morgan fingerprint density at radius 2 is 1.76 bits per heavy atom. The Hall–Kier alpha value is -1.50. The Labute approximate surface area is 103 Å². The van der Waals surface area contributed by atoms with Crippen LogP contribution >= 0.6 is 0 Å². The minimum absolute atomic E-state index is 1.06. The van der Waals surface area contributed by atoms with Gasteiger partial charge in [0.2, 0.25) is 0 Å². The van der Waals surface area contributed by atoms with E-state index in [1.54, 1.807) is 0 Å². The van der Waals surface area contributed by atoms with Crippen LogP contribution in [0, 0.1) is 0 Å². The third-order valence-electron chi connectivity index (χ3n) is 3.04. The number of unbranched alkanes of at least 4 members (excludes halogenated alkanes) is 3. The molecule has 0 saturated heterocycles. The molecule has 0 aliphatic heterocycles. The molecule has 0 aliphatic carbocycles. The lowest BCUT2D eigenvalue weighted by atomic mass is 10.1. The molecule has 0 fully saturated rings. The molecule has 1 aromatic heterocycles. The van der Waals surface area contributed by atoms with Crippen molar-refractivity contribution in [2.45, 2.75) is 39.0 Å². The second-order valence-electron chi connectivity index (χ2n) is 4.48. The van der Waals surface area contributed by atoms with Gasteiger partial charge in [-0.25, -0.2) is 0 Å². The third kappa shape index (κ3) is 3.48. The number of hydrogen-bond acceptors (Lipinski definition) is 1. The SMILES string of the molecule is CCCCCCc1cc(-c2ccccc2)co1. The van der Waals surface area contributed by atoms with Crippen molar-refractivity contribution in [2.24, 2.45) is 0 Å². The van der Waals surface area contributed by atoms with E-state index in [2.05, 4.69) is 37.3 Å². The van der Waals surface area contributed by atoms with Crippen LogP contribution < -0.4 is 0 Å². The van der Waals surface area contributed by atoms with E-state index >= 15 is 0 Å². The molecule has 0 atom stereocenters. The molecule has 1 nitrogen and oxygen atoms in total. The Kier molecular flexibility index (Phi) is 4.43. The van der Waals surface area contributed by atoms with E-state index in [1.807, 2.05) is 12.3 Å². The Bertz CT molecular complexity index is 428. The highest BCUT2D eigenvalue weighted by Crippen LogP contribution is 2.22. The fraction of sp³-hybridized carbons (Fsp3) is 0.375. The molecule has 0 radical (unpaired) electrons. The molecule has 90 valence electrons. The molecule has 2 aromatic rings. The summed E-state index contributed by atoms with van der Waals surface area (Å²) >= 11 is 0. The predicted octanol–water partition coefficient (Wildman–Crippen LogP) is 5.07. The van der Waals surface area contributed by atoms with Crippen LogP contribution in [0.15, 0.2) is 47.1 Å². The minimum Gasteiger partial charge on any atom is -0.469 e. The molecule has 2 rings (SSSR count). The average Bonchev–Trinajstić information content (AvgIpc) is 2.85. The van der Waals surface area contributed by atoms with Crippen LogP contribution in [0.5, 0.6) is 0 Å². The first-order valence-electron chi connectivity index (χ1n) is 6.53. The van der Waals surface area contributed by atoms with Crippen LogP contribution in [0.2, 0.25) is 0 Å². The summed E-state index contributed by atoms with van der Waals surface area (Å²) in [7, 11) is 0. The van der Waals surface area contributed by atoms with E-state index in [1.165, 1.54) is 36.8 Å². The van der Waals surface area contributed by atoms with Gasteiger partial charge >= 0.3 is 0 Å². The standard InChI is InChI=1S/C16H20O/c1-2-3-4-8-11-16-12-15(13-17-16)14-9-6-5-7-10-14/h5-7,9-10,12-13H,2-4,8,11H2,1H3. The summed E-state index contributed by atoms with van der Waals surface area (Å²) in [6.45, 7) is 2.24.